The Kier molecular flexibility index (Phi) is 5.53. The van der Waals surface area contributed by atoms with E-state index in [2.05, 4.69) is 15.2 Å². The van der Waals surface area contributed by atoms with E-state index in [0.717, 1.165) is 17.9 Å². The summed E-state index contributed by atoms with van der Waals surface area (Å²) in [5.41, 5.74) is -1.95. The Hall–Kier alpha value is -3.82. The van der Waals surface area contributed by atoms with Gasteiger partial charge >= 0.3 is 5.97 Å². The molecule has 0 radical (unpaired) electrons. The molecule has 0 fully saturated rings. The number of nitrogens with one attached hydrogen (secondary N) is 2. The summed E-state index contributed by atoms with van der Waals surface area (Å²) in [4.78, 5) is 48.1. The lowest BCUT2D eigenvalue weighted by molar-refractivity contribution is -0.116. The molecule has 150 valence electrons. The van der Waals surface area contributed by atoms with Gasteiger partial charge in [-0.1, -0.05) is 12.1 Å². The van der Waals surface area contributed by atoms with Crippen molar-refractivity contribution in [2.45, 2.75) is 13.0 Å². The number of rotatable bonds is 5. The van der Waals surface area contributed by atoms with E-state index in [0.29, 0.717) is 6.07 Å². The largest absolute Gasteiger partial charge is 0.465 e. The number of esters is 1. The van der Waals surface area contributed by atoms with Gasteiger partial charge < -0.3 is 10.1 Å². The van der Waals surface area contributed by atoms with Gasteiger partial charge in [-0.2, -0.15) is 0 Å². The molecule has 0 saturated carbocycles. The number of hydrogen-bond donors (Lipinski definition) is 2. The van der Waals surface area contributed by atoms with Gasteiger partial charge in [-0.25, -0.2) is 18.3 Å². The van der Waals surface area contributed by atoms with E-state index in [4.69, 9.17) is 0 Å². The predicted octanol–water partition coefficient (Wildman–Crippen LogP) is 1.78. The predicted molar refractivity (Wildman–Crippen MR) is 99.8 cm³/mol. The maximum Gasteiger partial charge on any atom is 0.340 e. The van der Waals surface area contributed by atoms with E-state index < -0.39 is 45.9 Å². The molecule has 1 aromatic heterocycles. The van der Waals surface area contributed by atoms with Crippen LogP contribution in [0.4, 0.5) is 14.5 Å². The summed E-state index contributed by atoms with van der Waals surface area (Å²) in [5.74, 6) is -3.96. The number of carbonyl (C=O) groups is 2. The van der Waals surface area contributed by atoms with E-state index in [1.807, 2.05) is 0 Å². The van der Waals surface area contributed by atoms with Gasteiger partial charge in [0.25, 0.3) is 11.1 Å². The number of aromatic amines is 1. The minimum absolute atomic E-state index is 0.183. The van der Waals surface area contributed by atoms with Gasteiger partial charge in [0.2, 0.25) is 5.91 Å². The maximum atomic E-state index is 13.9. The molecule has 29 heavy (non-hydrogen) atoms. The SMILES string of the molecule is COC(=O)c1cc(NC(=O)CCn2[nH]c(=O)c3ccccc3c2=O)c(F)cc1F. The van der Waals surface area contributed by atoms with Gasteiger partial charge in [-0.05, 0) is 18.2 Å². The number of aromatic nitrogens is 2. The monoisotopic (exact) mass is 403 g/mol. The molecule has 2 N–H and O–H groups in total. The van der Waals surface area contributed by atoms with Crippen LogP contribution in [-0.2, 0) is 16.1 Å². The van der Waals surface area contributed by atoms with E-state index in [1.54, 1.807) is 12.1 Å². The number of carbonyl (C=O) groups excluding carboxylic acids is 2. The first-order valence-electron chi connectivity index (χ1n) is 8.41. The van der Waals surface area contributed by atoms with Crippen molar-refractivity contribution in [2.75, 3.05) is 12.4 Å². The summed E-state index contributed by atoms with van der Waals surface area (Å²) in [7, 11) is 1.03. The molecule has 0 saturated heterocycles. The fourth-order valence-corrected chi connectivity index (χ4v) is 2.74. The van der Waals surface area contributed by atoms with Crippen molar-refractivity contribution in [3.05, 3.63) is 74.3 Å². The Morgan fingerprint density at radius 1 is 1.10 bits per heavy atom. The van der Waals surface area contributed by atoms with Gasteiger partial charge in [0.15, 0.2) is 0 Å². The highest BCUT2D eigenvalue weighted by Crippen LogP contribution is 2.20. The molecule has 2 aromatic carbocycles. The number of benzene rings is 2. The van der Waals surface area contributed by atoms with Gasteiger partial charge in [0, 0.05) is 12.5 Å². The summed E-state index contributed by atoms with van der Waals surface area (Å²) < 4.78 is 32.9. The Bertz CT molecular complexity index is 1230. The van der Waals surface area contributed by atoms with Crippen molar-refractivity contribution < 1.29 is 23.1 Å². The number of hydrogen-bond acceptors (Lipinski definition) is 5. The summed E-state index contributed by atoms with van der Waals surface area (Å²) >= 11 is 0. The molecular formula is C19H15F2N3O5. The summed E-state index contributed by atoms with van der Waals surface area (Å²) in [6.07, 6.45) is -0.293. The molecular weight excluding hydrogens is 388 g/mol. The molecule has 0 atom stereocenters. The minimum atomic E-state index is -1.13. The van der Waals surface area contributed by atoms with Crippen molar-refractivity contribution in [3.63, 3.8) is 0 Å². The highest BCUT2D eigenvalue weighted by atomic mass is 19.1. The van der Waals surface area contributed by atoms with Crippen LogP contribution in [0.3, 0.4) is 0 Å². The number of ether oxygens (including phenoxy) is 1. The number of anilines is 1. The lowest BCUT2D eigenvalue weighted by atomic mass is 10.1. The molecule has 3 aromatic rings. The van der Waals surface area contributed by atoms with Crippen molar-refractivity contribution in [1.82, 2.24) is 9.78 Å². The fraction of sp³-hybridized carbons (Fsp3) is 0.158. The van der Waals surface area contributed by atoms with Crippen LogP contribution >= 0.6 is 0 Å². The van der Waals surface area contributed by atoms with Gasteiger partial charge in [-0.3, -0.25) is 19.5 Å². The Labute approximate surface area is 161 Å². The molecule has 1 heterocycles. The van der Waals surface area contributed by atoms with E-state index >= 15 is 0 Å². The number of fused-ring (bicyclic) bond motifs is 1. The number of nitrogens with zero attached hydrogens (tertiary/aromatic N) is 1. The molecule has 1 amide bonds. The van der Waals surface area contributed by atoms with Crippen LogP contribution in [0.5, 0.6) is 0 Å². The standard InChI is InChI=1S/C19H15F2N3O5/c1-29-19(28)12-8-15(14(21)9-13(12)20)22-16(25)6-7-24-18(27)11-5-3-2-4-10(11)17(26)23-24/h2-5,8-9H,6-7H2,1H3,(H,22,25)(H,23,26). The third-order valence-electron chi connectivity index (χ3n) is 4.18. The highest BCUT2D eigenvalue weighted by Gasteiger charge is 2.18. The van der Waals surface area contributed by atoms with Crippen LogP contribution in [-0.4, -0.2) is 28.8 Å². The van der Waals surface area contributed by atoms with Gasteiger partial charge in [-0.15, -0.1) is 0 Å². The summed E-state index contributed by atoms with van der Waals surface area (Å²) in [5, 5.41) is 5.00. The van der Waals surface area contributed by atoms with Gasteiger partial charge in [0.1, 0.15) is 11.6 Å². The lowest BCUT2D eigenvalue weighted by Gasteiger charge is -2.10. The van der Waals surface area contributed by atoms with Crippen molar-refractivity contribution in [1.29, 1.82) is 0 Å². The molecule has 0 aliphatic carbocycles. The number of H-pyrrole nitrogens is 1. The fourth-order valence-electron chi connectivity index (χ4n) is 2.74. The average Bonchev–Trinajstić information content (AvgIpc) is 2.71. The number of amides is 1. The molecule has 3 rings (SSSR count). The zero-order chi connectivity index (χ0) is 21.1. The molecule has 8 nitrogen and oxygen atoms in total. The second-order valence-electron chi connectivity index (χ2n) is 6.04. The first kappa shape index (κ1) is 19.9. The first-order chi connectivity index (χ1) is 13.8. The topological polar surface area (TPSA) is 110 Å². The van der Waals surface area contributed by atoms with Crippen molar-refractivity contribution >= 4 is 28.3 Å². The summed E-state index contributed by atoms with van der Waals surface area (Å²) in [6, 6.07) is 7.49. The Morgan fingerprint density at radius 2 is 1.79 bits per heavy atom. The second kappa shape index (κ2) is 8.05. The molecule has 0 unspecified atom stereocenters. The Balaban J connectivity index is 1.78. The third-order valence-corrected chi connectivity index (χ3v) is 4.18. The lowest BCUT2D eigenvalue weighted by Crippen LogP contribution is -2.31. The second-order valence-corrected chi connectivity index (χ2v) is 6.04. The smallest absolute Gasteiger partial charge is 0.340 e. The van der Waals surface area contributed by atoms with Crippen molar-refractivity contribution in [3.8, 4) is 0 Å². The minimum Gasteiger partial charge on any atom is -0.465 e. The molecule has 0 aliphatic heterocycles. The number of aryl methyl sites for hydroxylation is 1. The first-order valence-corrected chi connectivity index (χ1v) is 8.41. The highest BCUT2D eigenvalue weighted by molar-refractivity contribution is 5.94. The number of methoxy groups -OCH3 is 1. The zero-order valence-corrected chi connectivity index (χ0v) is 15.1. The van der Waals surface area contributed by atoms with E-state index in [-0.39, 0.29) is 23.7 Å². The molecule has 0 bridgehead atoms. The number of halogens is 2. The summed E-state index contributed by atoms with van der Waals surface area (Å²) in [6.45, 7) is -0.183. The third kappa shape index (κ3) is 4.05. The van der Waals surface area contributed by atoms with Crippen LogP contribution in [0.15, 0.2) is 46.0 Å². The molecule has 0 aliphatic rings. The zero-order valence-electron chi connectivity index (χ0n) is 15.1. The normalized spacial score (nSPS) is 10.7. The molecule has 0 spiro atoms. The molecule has 10 heteroatoms. The maximum absolute atomic E-state index is 13.9. The van der Waals surface area contributed by atoms with Crippen LogP contribution in [0.1, 0.15) is 16.8 Å². The van der Waals surface area contributed by atoms with Crippen molar-refractivity contribution in [2.24, 2.45) is 0 Å². The average molecular weight is 403 g/mol. The van der Waals surface area contributed by atoms with Crippen LogP contribution in [0, 0.1) is 11.6 Å². The van der Waals surface area contributed by atoms with Crippen LogP contribution in [0.25, 0.3) is 10.8 Å². The van der Waals surface area contributed by atoms with Crippen LogP contribution < -0.4 is 16.4 Å². The van der Waals surface area contributed by atoms with E-state index in [1.165, 1.54) is 12.1 Å². The van der Waals surface area contributed by atoms with E-state index in [9.17, 15) is 28.0 Å². The van der Waals surface area contributed by atoms with Crippen LogP contribution in [0.2, 0.25) is 0 Å². The van der Waals surface area contributed by atoms with Gasteiger partial charge in [0.05, 0.1) is 35.7 Å². The Morgan fingerprint density at radius 3 is 2.48 bits per heavy atom. The quantitative estimate of drug-likeness (QED) is 0.631.